The molecule has 0 radical (unpaired) electrons. The van der Waals surface area contributed by atoms with Crippen molar-refractivity contribution in [1.82, 2.24) is 0 Å². The molecule has 1 aromatic carbocycles. The van der Waals surface area contributed by atoms with Crippen LogP contribution in [0.4, 0.5) is 17.1 Å². The molecule has 0 aliphatic carbocycles. The van der Waals surface area contributed by atoms with Crippen LogP contribution in [-0.2, 0) is 0 Å². The molecule has 0 bridgehead atoms. The fourth-order valence-electron chi connectivity index (χ4n) is 1.77. The summed E-state index contributed by atoms with van der Waals surface area (Å²) in [5, 5.41) is 25.6. The lowest BCUT2D eigenvalue weighted by atomic mass is 10.0. The van der Waals surface area contributed by atoms with Gasteiger partial charge < -0.3 is 0 Å². The van der Waals surface area contributed by atoms with Gasteiger partial charge in [0, 0.05) is 12.3 Å². The smallest absolute Gasteiger partial charge is 0.272 e. The highest BCUT2D eigenvalue weighted by atomic mass is 16.6. The molecule has 8 heteroatoms. The highest BCUT2D eigenvalue weighted by molar-refractivity contribution is 5.78. The summed E-state index contributed by atoms with van der Waals surface area (Å²) in [6.45, 7) is 8.15. The molecule has 0 saturated heterocycles. The van der Waals surface area contributed by atoms with Crippen LogP contribution >= 0.6 is 0 Å². The molecule has 1 rings (SSSR count). The number of allylic oxidation sites excluding steroid dienone is 1. The number of nitro benzene ring substituents is 2. The monoisotopic (exact) mass is 320 g/mol. The molecule has 0 aliphatic rings. The third-order valence-electron chi connectivity index (χ3n) is 3.48. The van der Waals surface area contributed by atoms with Crippen molar-refractivity contribution in [2.75, 3.05) is 5.43 Å². The molecule has 0 fully saturated rings. The summed E-state index contributed by atoms with van der Waals surface area (Å²) in [7, 11) is 0. The van der Waals surface area contributed by atoms with Crippen LogP contribution in [0.15, 0.2) is 35.5 Å². The first-order chi connectivity index (χ1) is 10.8. The van der Waals surface area contributed by atoms with E-state index in [9.17, 15) is 20.2 Å². The van der Waals surface area contributed by atoms with E-state index in [0.717, 1.165) is 30.9 Å². The number of benzene rings is 1. The molecule has 0 unspecified atom stereocenters. The quantitative estimate of drug-likeness (QED) is 0.414. The lowest BCUT2D eigenvalue weighted by Gasteiger charge is -2.07. The molecule has 0 heterocycles. The standard InChI is InChI=1S/C15H20N4O4/c1-4-11(2)5-6-12(3)10-16-17-14-8-7-13(18(20)21)9-15(14)19(22)23/h7-11,17H,3-6H2,1-2H3/b16-10+/t11-/m1/s1. The minimum absolute atomic E-state index is 0.0894. The average molecular weight is 320 g/mol. The minimum Gasteiger partial charge on any atom is -0.272 e. The molecule has 8 nitrogen and oxygen atoms in total. The number of hydrazone groups is 1. The molecule has 1 aromatic rings. The predicted molar refractivity (Wildman–Crippen MR) is 89.7 cm³/mol. The molecule has 23 heavy (non-hydrogen) atoms. The van der Waals surface area contributed by atoms with Gasteiger partial charge in [-0.3, -0.25) is 25.7 Å². The lowest BCUT2D eigenvalue weighted by molar-refractivity contribution is -0.393. The SMILES string of the molecule is C=C(/C=N/Nc1ccc([N+](=O)[O-])cc1[N+](=O)[O-])CC[C@H](C)CC. The number of non-ortho nitro benzene ring substituents is 1. The maximum absolute atomic E-state index is 11.0. The second-order valence-corrected chi connectivity index (χ2v) is 5.30. The van der Waals surface area contributed by atoms with E-state index in [-0.39, 0.29) is 11.4 Å². The summed E-state index contributed by atoms with van der Waals surface area (Å²) in [6, 6.07) is 3.34. The Morgan fingerprint density at radius 2 is 2.09 bits per heavy atom. The van der Waals surface area contributed by atoms with E-state index in [0.29, 0.717) is 5.92 Å². The highest BCUT2D eigenvalue weighted by Gasteiger charge is 2.19. The molecule has 0 aromatic heterocycles. The van der Waals surface area contributed by atoms with Crippen molar-refractivity contribution in [1.29, 1.82) is 0 Å². The van der Waals surface area contributed by atoms with Gasteiger partial charge in [0.05, 0.1) is 15.9 Å². The van der Waals surface area contributed by atoms with Crippen LogP contribution in [0.1, 0.15) is 33.1 Å². The van der Waals surface area contributed by atoms with Crippen molar-refractivity contribution in [3.63, 3.8) is 0 Å². The van der Waals surface area contributed by atoms with Gasteiger partial charge in [-0.25, -0.2) is 0 Å². The first kappa shape index (κ1) is 18.3. The fraction of sp³-hybridized carbons (Fsp3) is 0.400. The summed E-state index contributed by atoms with van der Waals surface area (Å²) in [5.41, 5.74) is 2.69. The van der Waals surface area contributed by atoms with Crippen molar-refractivity contribution >= 4 is 23.3 Å². The number of hydrogen-bond acceptors (Lipinski definition) is 6. The average Bonchev–Trinajstić information content (AvgIpc) is 2.52. The first-order valence-corrected chi connectivity index (χ1v) is 7.24. The Bertz CT molecular complexity index is 628. The Labute approximate surface area is 134 Å². The zero-order chi connectivity index (χ0) is 17.4. The Morgan fingerprint density at radius 3 is 2.65 bits per heavy atom. The van der Waals surface area contributed by atoms with Gasteiger partial charge in [0.25, 0.3) is 5.69 Å². The van der Waals surface area contributed by atoms with Gasteiger partial charge in [-0.2, -0.15) is 5.10 Å². The van der Waals surface area contributed by atoms with Gasteiger partial charge in [0.15, 0.2) is 0 Å². The molecule has 0 aliphatic heterocycles. The highest BCUT2D eigenvalue weighted by Crippen LogP contribution is 2.28. The van der Waals surface area contributed by atoms with Crippen molar-refractivity contribution in [2.45, 2.75) is 33.1 Å². The maximum atomic E-state index is 11.0. The van der Waals surface area contributed by atoms with E-state index >= 15 is 0 Å². The summed E-state index contributed by atoms with van der Waals surface area (Å²) >= 11 is 0. The van der Waals surface area contributed by atoms with Gasteiger partial charge in [0.1, 0.15) is 5.69 Å². The number of hydrogen-bond donors (Lipinski definition) is 1. The predicted octanol–water partition coefficient (Wildman–Crippen LogP) is 4.28. The third kappa shape index (κ3) is 5.85. The molecule has 124 valence electrons. The van der Waals surface area contributed by atoms with Gasteiger partial charge >= 0.3 is 5.69 Å². The molecule has 0 amide bonds. The summed E-state index contributed by atoms with van der Waals surface area (Å²) in [6.07, 6.45) is 4.40. The zero-order valence-electron chi connectivity index (χ0n) is 13.2. The number of nitro groups is 2. The summed E-state index contributed by atoms with van der Waals surface area (Å²) < 4.78 is 0. The van der Waals surface area contributed by atoms with E-state index in [2.05, 4.69) is 31.0 Å². The van der Waals surface area contributed by atoms with E-state index in [1.165, 1.54) is 18.3 Å². The summed E-state index contributed by atoms with van der Waals surface area (Å²) in [4.78, 5) is 20.3. The second kappa shape index (κ2) is 8.62. The maximum Gasteiger partial charge on any atom is 0.301 e. The molecule has 0 saturated carbocycles. The number of rotatable bonds is 9. The van der Waals surface area contributed by atoms with Crippen molar-refractivity contribution in [3.05, 3.63) is 50.6 Å². The molecule has 1 atom stereocenters. The number of nitrogens with one attached hydrogen (secondary N) is 1. The van der Waals surface area contributed by atoms with Gasteiger partial charge in [-0.1, -0.05) is 26.8 Å². The normalized spacial score (nSPS) is 12.1. The van der Waals surface area contributed by atoms with Crippen molar-refractivity contribution in [2.24, 2.45) is 11.0 Å². The minimum atomic E-state index is -0.692. The van der Waals surface area contributed by atoms with E-state index < -0.39 is 15.5 Å². The Balaban J connectivity index is 2.73. The number of nitrogens with zero attached hydrogens (tertiary/aromatic N) is 3. The van der Waals surface area contributed by atoms with Crippen LogP contribution in [0, 0.1) is 26.1 Å². The largest absolute Gasteiger partial charge is 0.301 e. The topological polar surface area (TPSA) is 111 Å². The second-order valence-electron chi connectivity index (χ2n) is 5.30. The molecular formula is C15H20N4O4. The Hall–Kier alpha value is -2.77. The third-order valence-corrected chi connectivity index (χ3v) is 3.48. The van der Waals surface area contributed by atoms with E-state index in [4.69, 9.17) is 0 Å². The fourth-order valence-corrected chi connectivity index (χ4v) is 1.77. The Kier molecular flexibility index (Phi) is 6.85. The first-order valence-electron chi connectivity index (χ1n) is 7.24. The van der Waals surface area contributed by atoms with Crippen LogP contribution in [-0.4, -0.2) is 16.1 Å². The van der Waals surface area contributed by atoms with Crippen molar-refractivity contribution < 1.29 is 9.85 Å². The van der Waals surface area contributed by atoms with Crippen LogP contribution in [0.2, 0.25) is 0 Å². The Morgan fingerprint density at radius 1 is 1.39 bits per heavy atom. The number of anilines is 1. The lowest BCUT2D eigenvalue weighted by Crippen LogP contribution is -1.99. The summed E-state index contributed by atoms with van der Waals surface area (Å²) in [5.74, 6) is 0.601. The van der Waals surface area contributed by atoms with Crippen LogP contribution in [0.5, 0.6) is 0 Å². The van der Waals surface area contributed by atoms with E-state index in [1.807, 2.05) is 0 Å². The van der Waals surface area contributed by atoms with Gasteiger partial charge in [-0.05, 0) is 30.4 Å². The van der Waals surface area contributed by atoms with Gasteiger partial charge in [0.2, 0.25) is 0 Å². The molecule has 0 spiro atoms. The molecular weight excluding hydrogens is 300 g/mol. The molecule has 1 N–H and O–H groups in total. The van der Waals surface area contributed by atoms with Crippen LogP contribution in [0.25, 0.3) is 0 Å². The zero-order valence-corrected chi connectivity index (χ0v) is 13.2. The van der Waals surface area contributed by atoms with Crippen molar-refractivity contribution in [3.8, 4) is 0 Å². The van der Waals surface area contributed by atoms with Crippen LogP contribution < -0.4 is 5.43 Å². The van der Waals surface area contributed by atoms with Crippen LogP contribution in [0.3, 0.4) is 0 Å². The van der Waals surface area contributed by atoms with E-state index in [1.54, 1.807) is 0 Å². The van der Waals surface area contributed by atoms with Gasteiger partial charge in [-0.15, -0.1) is 0 Å².